The standard InChI is InChI=1S/C15H12F3N3O3/c16-15(17,18)12-5-7-21(20-12)10-3-1-9(2-4-10)13(22)19-11-6-8-24-14(11)23/h1-5,7,11H,6,8H2,(H,19,22). The van der Waals surface area contributed by atoms with Crippen molar-refractivity contribution in [3.8, 4) is 5.69 Å². The molecule has 1 aliphatic rings. The largest absolute Gasteiger partial charge is 0.464 e. The number of carbonyl (C=O) groups is 2. The maximum atomic E-state index is 12.5. The molecular formula is C15H12F3N3O3. The molecule has 2 heterocycles. The molecule has 0 saturated carbocycles. The quantitative estimate of drug-likeness (QED) is 0.868. The summed E-state index contributed by atoms with van der Waals surface area (Å²) in [4.78, 5) is 23.4. The highest BCUT2D eigenvalue weighted by Gasteiger charge is 2.33. The van der Waals surface area contributed by atoms with Crippen molar-refractivity contribution in [1.29, 1.82) is 0 Å². The van der Waals surface area contributed by atoms with Crippen molar-refractivity contribution in [2.45, 2.75) is 18.6 Å². The maximum absolute atomic E-state index is 12.5. The minimum absolute atomic E-state index is 0.267. The zero-order valence-corrected chi connectivity index (χ0v) is 12.2. The maximum Gasteiger partial charge on any atom is 0.435 e. The molecule has 1 fully saturated rings. The first kappa shape index (κ1) is 16.0. The van der Waals surface area contributed by atoms with Crippen LogP contribution in [0, 0.1) is 0 Å². The average Bonchev–Trinajstić information content (AvgIpc) is 3.17. The molecule has 1 amide bonds. The summed E-state index contributed by atoms with van der Waals surface area (Å²) in [6, 6.07) is 6.02. The lowest BCUT2D eigenvalue weighted by molar-refractivity contribution is -0.141. The highest BCUT2D eigenvalue weighted by molar-refractivity contribution is 5.97. The number of carbonyl (C=O) groups excluding carboxylic acids is 2. The number of benzene rings is 1. The van der Waals surface area contributed by atoms with Crippen molar-refractivity contribution in [2.75, 3.05) is 6.61 Å². The van der Waals surface area contributed by atoms with Crippen molar-refractivity contribution < 1.29 is 27.5 Å². The molecule has 3 rings (SSSR count). The molecule has 24 heavy (non-hydrogen) atoms. The van der Waals surface area contributed by atoms with E-state index in [1.165, 1.54) is 30.5 Å². The van der Waals surface area contributed by atoms with Crippen LogP contribution in [-0.2, 0) is 15.7 Å². The third-order valence-electron chi connectivity index (χ3n) is 3.51. The normalized spacial score (nSPS) is 17.6. The summed E-state index contributed by atoms with van der Waals surface area (Å²) in [5.74, 6) is -0.932. The second kappa shape index (κ2) is 5.99. The third-order valence-corrected chi connectivity index (χ3v) is 3.51. The van der Waals surface area contributed by atoms with Gasteiger partial charge in [0, 0.05) is 18.2 Å². The Hall–Kier alpha value is -2.84. The lowest BCUT2D eigenvalue weighted by atomic mass is 10.1. The third kappa shape index (κ3) is 3.24. The second-order valence-electron chi connectivity index (χ2n) is 5.17. The molecule has 1 aromatic carbocycles. The van der Waals surface area contributed by atoms with E-state index < -0.39 is 29.8 Å². The Bertz CT molecular complexity index is 768. The molecule has 0 aliphatic carbocycles. The Balaban J connectivity index is 1.72. The van der Waals surface area contributed by atoms with Gasteiger partial charge in [-0.1, -0.05) is 0 Å². The fraction of sp³-hybridized carbons (Fsp3) is 0.267. The zero-order chi connectivity index (χ0) is 17.3. The van der Waals surface area contributed by atoms with E-state index in [9.17, 15) is 22.8 Å². The fourth-order valence-corrected chi connectivity index (χ4v) is 2.25. The van der Waals surface area contributed by atoms with Crippen LogP contribution < -0.4 is 5.32 Å². The summed E-state index contributed by atoms with van der Waals surface area (Å²) in [5.41, 5.74) is -0.340. The Labute approximate surface area is 134 Å². The highest BCUT2D eigenvalue weighted by Crippen LogP contribution is 2.27. The van der Waals surface area contributed by atoms with Crippen LogP contribution in [0.15, 0.2) is 36.5 Å². The number of hydrogen-bond acceptors (Lipinski definition) is 4. The van der Waals surface area contributed by atoms with Gasteiger partial charge in [0.2, 0.25) is 0 Å². The number of esters is 1. The molecule has 1 aromatic heterocycles. The van der Waals surface area contributed by atoms with Gasteiger partial charge in [-0.2, -0.15) is 18.3 Å². The average molecular weight is 339 g/mol. The monoisotopic (exact) mass is 339 g/mol. The summed E-state index contributed by atoms with van der Waals surface area (Å²) in [5, 5.41) is 5.99. The SMILES string of the molecule is O=C(NC1CCOC1=O)c1ccc(-n2ccc(C(F)(F)F)n2)cc1. The van der Waals surface area contributed by atoms with E-state index in [2.05, 4.69) is 10.4 Å². The summed E-state index contributed by atoms with van der Waals surface area (Å²) < 4.78 is 43.5. The van der Waals surface area contributed by atoms with E-state index >= 15 is 0 Å². The molecule has 0 spiro atoms. The van der Waals surface area contributed by atoms with Crippen molar-refractivity contribution in [3.63, 3.8) is 0 Å². The summed E-state index contributed by atoms with van der Waals surface area (Å²) in [6.45, 7) is 0.267. The van der Waals surface area contributed by atoms with Crippen molar-refractivity contribution in [3.05, 3.63) is 47.8 Å². The number of halogens is 3. The predicted octanol–water partition coefficient (Wildman–Crippen LogP) is 1.94. The van der Waals surface area contributed by atoms with E-state index in [0.29, 0.717) is 12.1 Å². The van der Waals surface area contributed by atoms with Crippen LogP contribution in [0.4, 0.5) is 13.2 Å². The van der Waals surface area contributed by atoms with Gasteiger partial charge in [0.05, 0.1) is 12.3 Å². The Kier molecular flexibility index (Phi) is 4.00. The number of aromatic nitrogens is 2. The lowest BCUT2D eigenvalue weighted by Crippen LogP contribution is -2.37. The van der Waals surface area contributed by atoms with Crippen molar-refractivity contribution >= 4 is 11.9 Å². The lowest BCUT2D eigenvalue weighted by Gasteiger charge is -2.09. The molecule has 2 aromatic rings. The van der Waals surface area contributed by atoms with Gasteiger partial charge in [-0.25, -0.2) is 9.48 Å². The van der Waals surface area contributed by atoms with Crippen LogP contribution in [0.1, 0.15) is 22.5 Å². The topological polar surface area (TPSA) is 73.2 Å². The second-order valence-corrected chi connectivity index (χ2v) is 5.17. The van der Waals surface area contributed by atoms with E-state index in [0.717, 1.165) is 10.7 Å². The Morgan fingerprint density at radius 2 is 1.96 bits per heavy atom. The highest BCUT2D eigenvalue weighted by atomic mass is 19.4. The first-order valence-electron chi connectivity index (χ1n) is 7.05. The van der Waals surface area contributed by atoms with Gasteiger partial charge in [0.25, 0.3) is 5.91 Å². The van der Waals surface area contributed by atoms with Gasteiger partial charge in [-0.15, -0.1) is 0 Å². The van der Waals surface area contributed by atoms with Crippen LogP contribution in [-0.4, -0.2) is 34.3 Å². The van der Waals surface area contributed by atoms with E-state index in [1.807, 2.05) is 0 Å². The fourth-order valence-electron chi connectivity index (χ4n) is 2.25. The van der Waals surface area contributed by atoms with Gasteiger partial charge in [-0.05, 0) is 30.3 Å². The van der Waals surface area contributed by atoms with E-state index in [1.54, 1.807) is 0 Å². The smallest absolute Gasteiger partial charge is 0.435 e. The molecule has 1 unspecified atom stereocenters. The van der Waals surface area contributed by atoms with Crippen molar-refractivity contribution in [1.82, 2.24) is 15.1 Å². The zero-order valence-electron chi connectivity index (χ0n) is 12.2. The molecule has 1 N–H and O–H groups in total. The number of rotatable bonds is 3. The summed E-state index contributed by atoms with van der Waals surface area (Å²) in [7, 11) is 0. The molecule has 6 nitrogen and oxygen atoms in total. The van der Waals surface area contributed by atoms with Gasteiger partial charge >= 0.3 is 12.1 Å². The number of ether oxygens (including phenoxy) is 1. The molecule has 1 saturated heterocycles. The van der Waals surface area contributed by atoms with Crippen molar-refractivity contribution in [2.24, 2.45) is 0 Å². The predicted molar refractivity (Wildman–Crippen MR) is 75.4 cm³/mol. The number of hydrogen-bond donors (Lipinski definition) is 1. The molecule has 9 heteroatoms. The number of alkyl halides is 3. The molecule has 1 aliphatic heterocycles. The van der Waals surface area contributed by atoms with Gasteiger partial charge < -0.3 is 10.1 Å². The number of nitrogens with one attached hydrogen (secondary N) is 1. The van der Waals surface area contributed by atoms with E-state index in [4.69, 9.17) is 4.74 Å². The minimum atomic E-state index is -4.51. The molecule has 1 atom stereocenters. The Morgan fingerprint density at radius 3 is 2.50 bits per heavy atom. The van der Waals surface area contributed by atoms with Gasteiger partial charge in [0.15, 0.2) is 5.69 Å². The van der Waals surface area contributed by atoms with Crippen LogP contribution >= 0.6 is 0 Å². The molecular weight excluding hydrogens is 327 g/mol. The molecule has 0 bridgehead atoms. The van der Waals surface area contributed by atoms with E-state index in [-0.39, 0.29) is 12.2 Å². The first-order valence-corrected chi connectivity index (χ1v) is 7.05. The van der Waals surface area contributed by atoms with Crippen LogP contribution in [0.2, 0.25) is 0 Å². The molecule has 126 valence electrons. The number of amides is 1. The number of nitrogens with zero attached hydrogens (tertiary/aromatic N) is 2. The minimum Gasteiger partial charge on any atom is -0.464 e. The van der Waals surface area contributed by atoms with Gasteiger partial charge in [-0.3, -0.25) is 4.79 Å². The Morgan fingerprint density at radius 1 is 1.25 bits per heavy atom. The first-order chi connectivity index (χ1) is 11.3. The summed E-state index contributed by atoms with van der Waals surface area (Å²) >= 11 is 0. The summed E-state index contributed by atoms with van der Waals surface area (Å²) in [6.07, 6.45) is -2.91. The van der Waals surface area contributed by atoms with Crippen LogP contribution in [0.5, 0.6) is 0 Å². The molecule has 0 radical (unpaired) electrons. The van der Waals surface area contributed by atoms with Crippen LogP contribution in [0.25, 0.3) is 5.69 Å². The number of cyclic esters (lactones) is 1. The van der Waals surface area contributed by atoms with Crippen LogP contribution in [0.3, 0.4) is 0 Å². The van der Waals surface area contributed by atoms with Gasteiger partial charge in [0.1, 0.15) is 6.04 Å².